The summed E-state index contributed by atoms with van der Waals surface area (Å²) in [6.45, 7) is 8.31. The first-order chi connectivity index (χ1) is 16.9. The summed E-state index contributed by atoms with van der Waals surface area (Å²) >= 11 is 0. The van der Waals surface area contributed by atoms with Gasteiger partial charge in [-0.25, -0.2) is 18.4 Å². The lowest BCUT2D eigenvalue weighted by molar-refractivity contribution is 0.322. The second-order valence-electron chi connectivity index (χ2n) is 8.14. The van der Waals surface area contributed by atoms with Gasteiger partial charge in [0.15, 0.2) is 0 Å². The highest BCUT2D eigenvalue weighted by Crippen LogP contribution is 2.31. The summed E-state index contributed by atoms with van der Waals surface area (Å²) in [5.74, 6) is 3.04. The Morgan fingerprint density at radius 1 is 0.914 bits per heavy atom. The molecule has 1 aromatic heterocycles. The Hall–Kier alpha value is -3.53. The van der Waals surface area contributed by atoms with E-state index in [9.17, 15) is 8.42 Å². The van der Waals surface area contributed by atoms with Gasteiger partial charge in [-0.05, 0) is 70.0 Å². The second-order valence-corrected chi connectivity index (χ2v) is 9.79. The molecular formula is C25H31N5O4S. The van der Waals surface area contributed by atoms with Gasteiger partial charge in [0, 0.05) is 36.6 Å². The maximum absolute atomic E-state index is 13.1. The molecule has 9 nitrogen and oxygen atoms in total. The molecule has 0 atom stereocenters. The van der Waals surface area contributed by atoms with E-state index in [1.165, 1.54) is 18.9 Å². The van der Waals surface area contributed by atoms with Gasteiger partial charge in [-0.3, -0.25) is 4.72 Å². The zero-order chi connectivity index (χ0) is 24.8. The number of hydrogen-bond donors (Lipinski definition) is 2. The normalized spacial score (nSPS) is 13.5. The van der Waals surface area contributed by atoms with Gasteiger partial charge >= 0.3 is 0 Å². The number of nitrogens with one attached hydrogen (secondary N) is 2. The van der Waals surface area contributed by atoms with E-state index < -0.39 is 10.0 Å². The number of aryl methyl sites for hydroxylation is 1. The standard InChI is InChI=1S/C25H31N5O4S/c1-4-33-21-12-13-22(34-5-2)23(16-21)35(31,32)29-20-10-8-19(9-11-20)28-24-17-25(27-18(3)26-24)30-14-6-7-15-30/h8-13,16-17,29H,4-7,14-15H2,1-3H3,(H,26,27,28). The van der Waals surface area contributed by atoms with E-state index >= 15 is 0 Å². The Morgan fingerprint density at radius 3 is 2.29 bits per heavy atom. The monoisotopic (exact) mass is 497 g/mol. The number of ether oxygens (including phenoxy) is 2. The van der Waals surface area contributed by atoms with E-state index in [1.54, 1.807) is 43.3 Å². The highest BCUT2D eigenvalue weighted by Gasteiger charge is 2.21. The van der Waals surface area contributed by atoms with E-state index in [4.69, 9.17) is 9.47 Å². The molecule has 10 heteroatoms. The fourth-order valence-corrected chi connectivity index (χ4v) is 5.15. The summed E-state index contributed by atoms with van der Waals surface area (Å²) in [6.07, 6.45) is 2.34. The van der Waals surface area contributed by atoms with E-state index in [1.807, 2.05) is 19.9 Å². The Kier molecular flexibility index (Phi) is 7.60. The van der Waals surface area contributed by atoms with Crippen LogP contribution in [0.15, 0.2) is 53.4 Å². The molecule has 35 heavy (non-hydrogen) atoms. The summed E-state index contributed by atoms with van der Waals surface area (Å²) in [5.41, 5.74) is 1.21. The molecule has 0 amide bonds. The number of hydrogen-bond acceptors (Lipinski definition) is 8. The molecule has 0 saturated carbocycles. The van der Waals surface area contributed by atoms with Crippen LogP contribution < -0.4 is 24.4 Å². The van der Waals surface area contributed by atoms with Crippen molar-refractivity contribution in [1.29, 1.82) is 0 Å². The van der Waals surface area contributed by atoms with Crippen LogP contribution in [0.1, 0.15) is 32.5 Å². The predicted molar refractivity (Wildman–Crippen MR) is 138 cm³/mol. The largest absolute Gasteiger partial charge is 0.494 e. The van der Waals surface area contributed by atoms with Crippen molar-refractivity contribution in [2.24, 2.45) is 0 Å². The van der Waals surface area contributed by atoms with Crippen LogP contribution in [0.4, 0.5) is 23.0 Å². The average molecular weight is 498 g/mol. The van der Waals surface area contributed by atoms with Crippen LogP contribution in [-0.2, 0) is 10.0 Å². The molecule has 4 rings (SSSR count). The van der Waals surface area contributed by atoms with Crippen molar-refractivity contribution >= 4 is 33.0 Å². The fourth-order valence-electron chi connectivity index (χ4n) is 3.93. The molecule has 1 aliphatic rings. The van der Waals surface area contributed by atoms with Gasteiger partial charge in [-0.15, -0.1) is 0 Å². The second kappa shape index (κ2) is 10.8. The average Bonchev–Trinajstić information content (AvgIpc) is 3.36. The number of aromatic nitrogens is 2. The van der Waals surface area contributed by atoms with Crippen LogP contribution in [-0.4, -0.2) is 44.7 Å². The number of benzene rings is 2. The maximum Gasteiger partial charge on any atom is 0.265 e. The van der Waals surface area contributed by atoms with Crippen molar-refractivity contribution < 1.29 is 17.9 Å². The molecule has 2 N–H and O–H groups in total. The quantitative estimate of drug-likeness (QED) is 0.414. The lowest BCUT2D eigenvalue weighted by Gasteiger charge is -2.18. The first-order valence-electron chi connectivity index (χ1n) is 11.8. The van der Waals surface area contributed by atoms with E-state index in [0.717, 1.165) is 24.6 Å². The minimum Gasteiger partial charge on any atom is -0.494 e. The topological polar surface area (TPSA) is 106 Å². The van der Waals surface area contributed by atoms with Crippen LogP contribution in [0.25, 0.3) is 0 Å². The summed E-state index contributed by atoms with van der Waals surface area (Å²) in [6, 6.07) is 13.7. The molecule has 0 radical (unpaired) electrons. The lowest BCUT2D eigenvalue weighted by Crippen LogP contribution is -2.19. The van der Waals surface area contributed by atoms with Crippen molar-refractivity contribution in [3.05, 3.63) is 54.4 Å². The van der Waals surface area contributed by atoms with E-state index in [-0.39, 0.29) is 10.6 Å². The molecule has 0 bridgehead atoms. The number of sulfonamides is 1. The summed E-state index contributed by atoms with van der Waals surface area (Å²) < 4.78 is 39.9. The van der Waals surface area contributed by atoms with Gasteiger partial charge in [0.2, 0.25) is 0 Å². The third-order valence-electron chi connectivity index (χ3n) is 5.48. The van der Waals surface area contributed by atoms with Crippen molar-refractivity contribution in [2.45, 2.75) is 38.5 Å². The fraction of sp³-hybridized carbons (Fsp3) is 0.360. The molecule has 3 aromatic rings. The SMILES string of the molecule is CCOc1ccc(OCC)c(S(=O)(=O)Nc2ccc(Nc3cc(N4CCCC4)nc(C)n3)cc2)c1. The molecule has 0 unspecified atom stereocenters. The third-order valence-corrected chi connectivity index (χ3v) is 6.88. The number of rotatable bonds is 10. The predicted octanol–water partition coefficient (Wildman–Crippen LogP) is 4.73. The Labute approximate surface area is 206 Å². The van der Waals surface area contributed by atoms with Crippen molar-refractivity contribution in [2.75, 3.05) is 41.2 Å². The van der Waals surface area contributed by atoms with E-state index in [2.05, 4.69) is 24.9 Å². The minimum absolute atomic E-state index is 0.0263. The molecule has 2 heterocycles. The Balaban J connectivity index is 1.50. The van der Waals surface area contributed by atoms with E-state index in [0.29, 0.717) is 36.3 Å². The van der Waals surface area contributed by atoms with Crippen LogP contribution in [0.2, 0.25) is 0 Å². The smallest absolute Gasteiger partial charge is 0.265 e. The lowest BCUT2D eigenvalue weighted by atomic mass is 10.3. The van der Waals surface area contributed by atoms with Crippen molar-refractivity contribution in [1.82, 2.24) is 9.97 Å². The number of nitrogens with zero attached hydrogens (tertiary/aromatic N) is 3. The molecule has 0 spiro atoms. The highest BCUT2D eigenvalue weighted by atomic mass is 32.2. The van der Waals surface area contributed by atoms with Crippen LogP contribution >= 0.6 is 0 Å². The first kappa shape index (κ1) is 24.6. The zero-order valence-corrected chi connectivity index (χ0v) is 21.1. The minimum atomic E-state index is -3.90. The van der Waals surface area contributed by atoms with Gasteiger partial charge in [-0.1, -0.05) is 0 Å². The molecule has 1 aliphatic heterocycles. The molecular weight excluding hydrogens is 466 g/mol. The van der Waals surface area contributed by atoms with Crippen LogP contribution in [0.5, 0.6) is 11.5 Å². The molecule has 0 aliphatic carbocycles. The maximum atomic E-state index is 13.1. The van der Waals surface area contributed by atoms with Gasteiger partial charge in [0.25, 0.3) is 10.0 Å². The van der Waals surface area contributed by atoms with Gasteiger partial charge in [0.1, 0.15) is 33.9 Å². The van der Waals surface area contributed by atoms with Gasteiger partial charge in [0.05, 0.1) is 13.2 Å². The molecule has 186 valence electrons. The van der Waals surface area contributed by atoms with Gasteiger partial charge < -0.3 is 19.7 Å². The zero-order valence-electron chi connectivity index (χ0n) is 20.2. The highest BCUT2D eigenvalue weighted by molar-refractivity contribution is 7.92. The number of anilines is 4. The summed E-state index contributed by atoms with van der Waals surface area (Å²) in [5, 5.41) is 3.29. The first-order valence-corrected chi connectivity index (χ1v) is 13.3. The van der Waals surface area contributed by atoms with Crippen LogP contribution in [0, 0.1) is 6.92 Å². The third kappa shape index (κ3) is 6.13. The summed E-state index contributed by atoms with van der Waals surface area (Å²) in [7, 11) is -3.90. The Morgan fingerprint density at radius 2 is 1.60 bits per heavy atom. The molecule has 1 saturated heterocycles. The van der Waals surface area contributed by atoms with Crippen molar-refractivity contribution in [3.8, 4) is 11.5 Å². The molecule has 1 fully saturated rings. The van der Waals surface area contributed by atoms with Crippen molar-refractivity contribution in [3.63, 3.8) is 0 Å². The summed E-state index contributed by atoms with van der Waals surface area (Å²) in [4.78, 5) is 11.3. The van der Waals surface area contributed by atoms with Crippen LogP contribution in [0.3, 0.4) is 0 Å². The van der Waals surface area contributed by atoms with Gasteiger partial charge in [-0.2, -0.15) is 0 Å². The molecule has 2 aromatic carbocycles. The Bertz CT molecular complexity index is 1260.